The van der Waals surface area contributed by atoms with Crippen molar-refractivity contribution in [3.8, 4) is 11.5 Å². The molecule has 4 unspecified atom stereocenters. The Morgan fingerprint density at radius 2 is 2.14 bits per heavy atom. The summed E-state index contributed by atoms with van der Waals surface area (Å²) < 4.78 is 10.7. The van der Waals surface area contributed by atoms with Gasteiger partial charge in [-0.2, -0.15) is 0 Å². The van der Waals surface area contributed by atoms with E-state index in [1.807, 2.05) is 6.07 Å². The lowest BCUT2D eigenvalue weighted by Gasteiger charge is -2.36. The van der Waals surface area contributed by atoms with Crippen molar-refractivity contribution >= 4 is 13.1 Å². The molecule has 1 aromatic carbocycles. The van der Waals surface area contributed by atoms with E-state index < -0.39 is 13.1 Å². The van der Waals surface area contributed by atoms with Gasteiger partial charge in [-0.25, -0.2) is 4.79 Å². The predicted octanol–water partition coefficient (Wildman–Crippen LogP) is 1.93. The molecule has 1 saturated carbocycles. The van der Waals surface area contributed by atoms with E-state index in [9.17, 15) is 14.9 Å². The van der Waals surface area contributed by atoms with Gasteiger partial charge in [0.25, 0.3) is 0 Å². The Balaban J connectivity index is 1.91. The summed E-state index contributed by atoms with van der Waals surface area (Å²) in [5.41, 5.74) is 0.875. The van der Waals surface area contributed by atoms with Crippen molar-refractivity contribution in [3.63, 3.8) is 0 Å². The zero-order chi connectivity index (χ0) is 14.7. The van der Waals surface area contributed by atoms with E-state index in [1.54, 1.807) is 6.07 Å². The first kappa shape index (κ1) is 12.8. The number of benzene rings is 1. The number of hydrogen-bond acceptors (Lipinski definition) is 4. The molecule has 0 amide bonds. The lowest BCUT2D eigenvalue weighted by atomic mass is 9.57. The van der Waals surface area contributed by atoms with Crippen molar-refractivity contribution in [3.05, 3.63) is 35.4 Å². The van der Waals surface area contributed by atoms with E-state index in [-0.39, 0.29) is 28.8 Å². The first-order valence-electron chi connectivity index (χ1n) is 7.09. The second-order valence-electron chi connectivity index (χ2n) is 5.93. The third kappa shape index (κ3) is 1.59. The summed E-state index contributed by atoms with van der Waals surface area (Å²) in [5, 5.41) is 19.8. The summed E-state index contributed by atoms with van der Waals surface area (Å²) in [6.45, 7) is 0. The van der Waals surface area contributed by atoms with Crippen LogP contribution in [0.3, 0.4) is 0 Å². The number of rotatable bonds is 2. The van der Waals surface area contributed by atoms with Crippen LogP contribution in [0.15, 0.2) is 24.3 Å². The molecule has 5 nitrogen and oxygen atoms in total. The Hall–Kier alpha value is -1.95. The minimum Gasteiger partial charge on any atom is -0.535 e. The lowest BCUT2D eigenvalue weighted by molar-refractivity contribution is 0.0690. The molecule has 1 aliphatic heterocycles. The highest BCUT2D eigenvalue weighted by atomic mass is 16.5. The van der Waals surface area contributed by atoms with Crippen LogP contribution in [0.5, 0.6) is 11.5 Å². The molecule has 4 atom stereocenters. The average Bonchev–Trinajstić information content (AvgIpc) is 3.07. The molecule has 2 bridgehead atoms. The van der Waals surface area contributed by atoms with Gasteiger partial charge in [-0.05, 0) is 35.8 Å². The number of fused-ring (bicyclic) bond motifs is 7. The van der Waals surface area contributed by atoms with E-state index >= 15 is 0 Å². The first-order valence-corrected chi connectivity index (χ1v) is 7.09. The van der Waals surface area contributed by atoms with Crippen LogP contribution in [0, 0.1) is 11.8 Å². The summed E-state index contributed by atoms with van der Waals surface area (Å²) in [6.07, 6.45) is 5.33. The molecule has 0 saturated heterocycles. The number of methoxy groups -OCH3 is 1. The second kappa shape index (κ2) is 4.27. The Morgan fingerprint density at radius 1 is 1.38 bits per heavy atom. The van der Waals surface area contributed by atoms with Crippen LogP contribution in [0.1, 0.15) is 28.3 Å². The van der Waals surface area contributed by atoms with E-state index in [2.05, 4.69) is 12.2 Å². The molecule has 1 fully saturated rings. The molecule has 6 heteroatoms. The molecule has 2 aliphatic carbocycles. The zero-order valence-electron chi connectivity index (χ0n) is 11.5. The summed E-state index contributed by atoms with van der Waals surface area (Å²) >= 11 is 0. The third-order valence-electron chi connectivity index (χ3n) is 5.03. The normalized spacial score (nSPS) is 31.6. The number of carboxylic acids is 1. The highest BCUT2D eigenvalue weighted by Crippen LogP contribution is 2.61. The van der Waals surface area contributed by atoms with Gasteiger partial charge in [-0.1, -0.05) is 18.2 Å². The van der Waals surface area contributed by atoms with Crippen molar-refractivity contribution in [1.29, 1.82) is 0 Å². The number of aromatic carboxylic acids is 1. The van der Waals surface area contributed by atoms with Gasteiger partial charge in [0.1, 0.15) is 17.1 Å². The number of allylic oxidation sites excluding steroid dienone is 2. The minimum atomic E-state index is -1.10. The van der Waals surface area contributed by atoms with Crippen LogP contribution in [-0.4, -0.2) is 30.3 Å². The second-order valence-corrected chi connectivity index (χ2v) is 5.93. The van der Waals surface area contributed by atoms with Gasteiger partial charge < -0.3 is 19.5 Å². The smallest absolute Gasteiger partial charge is 0.527 e. The molecular formula is C15H15BO5. The summed E-state index contributed by atoms with van der Waals surface area (Å²) in [7, 11) is 0.462. The molecule has 4 rings (SSSR count). The molecule has 21 heavy (non-hydrogen) atoms. The maximum absolute atomic E-state index is 11.6. The van der Waals surface area contributed by atoms with Crippen LogP contribution < -0.4 is 9.39 Å². The molecular weight excluding hydrogens is 271 g/mol. The molecule has 1 aromatic rings. The fraction of sp³-hybridized carbons (Fsp3) is 0.400. The maximum Gasteiger partial charge on any atom is 0.527 e. The monoisotopic (exact) mass is 286 g/mol. The highest BCUT2D eigenvalue weighted by molar-refractivity contribution is 6.47. The fourth-order valence-corrected chi connectivity index (χ4v) is 4.23. The molecule has 0 radical (unpaired) electrons. The van der Waals surface area contributed by atoms with Gasteiger partial charge >= 0.3 is 13.1 Å². The topological polar surface area (TPSA) is 76.0 Å². The quantitative estimate of drug-likeness (QED) is 0.641. The Kier molecular flexibility index (Phi) is 2.60. The van der Waals surface area contributed by atoms with Crippen molar-refractivity contribution in [1.82, 2.24) is 0 Å². The SMILES string of the molecule is COc1ccc2c(c1C(=O)O)OB(O)C1C3C=CC(C3)C21. The lowest BCUT2D eigenvalue weighted by Crippen LogP contribution is -2.39. The van der Waals surface area contributed by atoms with E-state index in [0.717, 1.165) is 12.0 Å². The Morgan fingerprint density at radius 3 is 2.86 bits per heavy atom. The number of carbonyl (C=O) groups is 1. The van der Waals surface area contributed by atoms with Crippen molar-refractivity contribution in [2.75, 3.05) is 7.11 Å². The highest BCUT2D eigenvalue weighted by Gasteiger charge is 2.56. The van der Waals surface area contributed by atoms with Crippen molar-refractivity contribution < 1.29 is 24.3 Å². The van der Waals surface area contributed by atoms with E-state index in [0.29, 0.717) is 11.8 Å². The molecule has 0 aromatic heterocycles. The molecule has 3 aliphatic rings. The first-order chi connectivity index (χ1) is 10.1. The largest absolute Gasteiger partial charge is 0.535 e. The van der Waals surface area contributed by atoms with Crippen molar-refractivity contribution in [2.45, 2.75) is 18.2 Å². The van der Waals surface area contributed by atoms with Gasteiger partial charge in [0.15, 0.2) is 0 Å². The molecule has 1 heterocycles. The third-order valence-corrected chi connectivity index (χ3v) is 5.03. The molecule has 0 spiro atoms. The Labute approximate surface area is 122 Å². The Bertz CT molecular complexity index is 656. The van der Waals surface area contributed by atoms with Crippen molar-refractivity contribution in [2.24, 2.45) is 11.8 Å². The van der Waals surface area contributed by atoms with Crippen LogP contribution in [0.4, 0.5) is 0 Å². The van der Waals surface area contributed by atoms with Gasteiger partial charge in [0, 0.05) is 5.82 Å². The molecule has 2 N–H and O–H groups in total. The van der Waals surface area contributed by atoms with Gasteiger partial charge in [-0.3, -0.25) is 0 Å². The van der Waals surface area contributed by atoms with E-state index in [1.165, 1.54) is 7.11 Å². The summed E-state index contributed by atoms with van der Waals surface area (Å²) in [6, 6.07) is 3.55. The molecule has 108 valence electrons. The fourth-order valence-electron chi connectivity index (χ4n) is 4.23. The average molecular weight is 286 g/mol. The maximum atomic E-state index is 11.6. The van der Waals surface area contributed by atoms with Crippen LogP contribution >= 0.6 is 0 Å². The number of ether oxygens (including phenoxy) is 1. The van der Waals surface area contributed by atoms with Crippen LogP contribution in [-0.2, 0) is 0 Å². The van der Waals surface area contributed by atoms with E-state index in [4.69, 9.17) is 9.39 Å². The van der Waals surface area contributed by atoms with Crippen LogP contribution in [0.25, 0.3) is 0 Å². The predicted molar refractivity (Wildman–Crippen MR) is 75.8 cm³/mol. The van der Waals surface area contributed by atoms with Gasteiger partial charge in [0.2, 0.25) is 0 Å². The number of hydrogen-bond donors (Lipinski definition) is 2. The zero-order valence-corrected chi connectivity index (χ0v) is 11.5. The van der Waals surface area contributed by atoms with Gasteiger partial charge in [-0.15, -0.1) is 0 Å². The number of carboxylic acid groups (broad SMARTS) is 1. The summed E-state index contributed by atoms with van der Waals surface area (Å²) in [5.74, 6) is 0.228. The standard InChI is InChI=1S/C15H15BO5/c1-20-10-5-4-9-11-7-2-3-8(6-7)13(11)16(19)21-14(9)12(10)15(17)18/h2-5,7-8,11,13,19H,6H2,1H3,(H,17,18). The van der Waals surface area contributed by atoms with Crippen LogP contribution in [0.2, 0.25) is 5.82 Å². The summed E-state index contributed by atoms with van der Waals surface area (Å²) in [4.78, 5) is 11.6. The minimum absolute atomic E-state index is 0.000692. The van der Waals surface area contributed by atoms with Gasteiger partial charge in [0.05, 0.1) is 7.11 Å².